The molecule has 30 heavy (non-hydrogen) atoms. The van der Waals surface area contributed by atoms with E-state index >= 15 is 0 Å². The highest BCUT2D eigenvalue weighted by Gasteiger charge is 2.30. The molecule has 4 nitrogen and oxygen atoms in total. The van der Waals surface area contributed by atoms with Crippen LogP contribution in [0.15, 0.2) is 23.2 Å². The molecule has 1 N–H and O–H groups in total. The number of para-hydroxylation sites is 1. The van der Waals surface area contributed by atoms with Crippen LogP contribution in [0.3, 0.4) is 0 Å². The molecule has 0 saturated heterocycles. The van der Waals surface area contributed by atoms with E-state index in [0.717, 1.165) is 51.3 Å². The van der Waals surface area contributed by atoms with Crippen LogP contribution in [-0.4, -0.2) is 21.6 Å². The van der Waals surface area contributed by atoms with E-state index in [1.807, 2.05) is 43.4 Å². The fraction of sp³-hybridized carbons (Fsp3) is 0.458. The third-order valence-electron chi connectivity index (χ3n) is 6.17. The number of anilines is 1. The lowest BCUT2D eigenvalue weighted by Gasteiger charge is -2.18. The van der Waals surface area contributed by atoms with Gasteiger partial charge in [0.25, 0.3) is 0 Å². The first-order chi connectivity index (χ1) is 14.5. The number of thioether (sulfide) groups is 1. The normalized spacial score (nSPS) is 18.4. The van der Waals surface area contributed by atoms with E-state index < -0.39 is 0 Å². The third kappa shape index (κ3) is 3.87. The lowest BCUT2D eigenvalue weighted by molar-refractivity contribution is -0.113. The quantitative estimate of drug-likeness (QED) is 0.390. The Hall–Kier alpha value is -1.92. The first-order valence-electron chi connectivity index (χ1n) is 10.8. The molecule has 2 aliphatic rings. The van der Waals surface area contributed by atoms with Crippen molar-refractivity contribution < 1.29 is 4.79 Å². The van der Waals surface area contributed by atoms with E-state index in [9.17, 15) is 4.79 Å². The predicted octanol–water partition coefficient (Wildman–Crippen LogP) is 6.04. The van der Waals surface area contributed by atoms with Crippen LogP contribution in [0.4, 0.5) is 5.69 Å². The van der Waals surface area contributed by atoms with Gasteiger partial charge in [-0.3, -0.25) is 4.79 Å². The summed E-state index contributed by atoms with van der Waals surface area (Å²) in [6, 6.07) is 6.08. The van der Waals surface area contributed by atoms with Gasteiger partial charge in [0.1, 0.15) is 15.7 Å². The zero-order valence-electron chi connectivity index (χ0n) is 17.7. The number of thiophene rings is 1. The second-order valence-corrected chi connectivity index (χ2v) is 10.8. The molecular weight excluding hydrogens is 410 g/mol. The number of hydrogen-bond acceptors (Lipinski definition) is 5. The number of rotatable bonds is 5. The van der Waals surface area contributed by atoms with Crippen molar-refractivity contribution in [2.75, 3.05) is 11.1 Å². The van der Waals surface area contributed by atoms with Crippen LogP contribution in [0.2, 0.25) is 0 Å². The van der Waals surface area contributed by atoms with Gasteiger partial charge >= 0.3 is 0 Å². The van der Waals surface area contributed by atoms with Gasteiger partial charge in [-0.2, -0.15) is 0 Å². The van der Waals surface area contributed by atoms with Crippen molar-refractivity contribution >= 4 is 44.9 Å². The Morgan fingerprint density at radius 1 is 1.20 bits per heavy atom. The summed E-state index contributed by atoms with van der Waals surface area (Å²) in [5, 5.41) is 5.33. The van der Waals surface area contributed by atoms with Crippen molar-refractivity contribution in [2.45, 2.75) is 63.8 Å². The average Bonchev–Trinajstić information content (AvgIpc) is 3.50. The van der Waals surface area contributed by atoms with Crippen LogP contribution in [0.25, 0.3) is 10.2 Å². The molecule has 5 rings (SSSR count). The molecule has 0 radical (unpaired) electrons. The zero-order valence-corrected chi connectivity index (χ0v) is 19.4. The van der Waals surface area contributed by atoms with Gasteiger partial charge in [-0.25, -0.2) is 9.97 Å². The van der Waals surface area contributed by atoms with Gasteiger partial charge in [-0.1, -0.05) is 36.9 Å². The Morgan fingerprint density at radius 3 is 2.70 bits per heavy atom. The van der Waals surface area contributed by atoms with E-state index in [4.69, 9.17) is 9.97 Å². The first-order valence-corrected chi connectivity index (χ1v) is 12.6. The topological polar surface area (TPSA) is 54.9 Å². The van der Waals surface area contributed by atoms with Gasteiger partial charge in [0, 0.05) is 21.9 Å². The van der Waals surface area contributed by atoms with Gasteiger partial charge in [0.15, 0.2) is 0 Å². The van der Waals surface area contributed by atoms with Crippen molar-refractivity contribution in [3.63, 3.8) is 0 Å². The summed E-state index contributed by atoms with van der Waals surface area (Å²) < 4.78 is 0. The maximum atomic E-state index is 12.8. The molecule has 1 saturated carbocycles. The highest BCUT2D eigenvalue weighted by molar-refractivity contribution is 8.00. The van der Waals surface area contributed by atoms with E-state index in [1.54, 1.807) is 11.8 Å². The van der Waals surface area contributed by atoms with Gasteiger partial charge < -0.3 is 5.32 Å². The van der Waals surface area contributed by atoms with Crippen molar-refractivity contribution in [1.29, 1.82) is 0 Å². The Balaban J connectivity index is 1.42. The maximum Gasteiger partial charge on any atom is 0.234 e. The van der Waals surface area contributed by atoms with E-state index in [0.29, 0.717) is 11.7 Å². The summed E-state index contributed by atoms with van der Waals surface area (Å²) in [6.45, 7) is 6.40. The number of carbonyl (C=O) groups is 1. The molecular formula is C24H27N3OS2. The minimum Gasteiger partial charge on any atom is -0.325 e. The lowest BCUT2D eigenvalue weighted by atomic mass is 9.89. The minimum absolute atomic E-state index is 0.0230. The molecule has 1 amide bonds. The fourth-order valence-corrected chi connectivity index (χ4v) is 6.59. The number of fused-ring (bicyclic) bond motifs is 3. The number of amides is 1. The first kappa shape index (κ1) is 20.0. The molecule has 156 valence electrons. The smallest absolute Gasteiger partial charge is 0.234 e. The molecule has 6 heteroatoms. The highest BCUT2D eigenvalue weighted by Crippen LogP contribution is 2.44. The predicted molar refractivity (Wildman–Crippen MR) is 126 cm³/mol. The Labute approximate surface area is 185 Å². The van der Waals surface area contributed by atoms with Crippen molar-refractivity contribution in [3.05, 3.63) is 45.6 Å². The number of benzene rings is 1. The number of nitrogens with one attached hydrogen (secondary N) is 1. The third-order valence-corrected chi connectivity index (χ3v) is 8.29. The van der Waals surface area contributed by atoms with Crippen LogP contribution in [-0.2, 0) is 17.6 Å². The number of nitrogens with zero attached hydrogens (tertiary/aromatic N) is 2. The number of hydrogen-bond donors (Lipinski definition) is 1. The summed E-state index contributed by atoms with van der Waals surface area (Å²) in [5.74, 6) is 2.61. The Morgan fingerprint density at radius 2 is 1.97 bits per heavy atom. The molecule has 1 unspecified atom stereocenters. The molecule has 2 heterocycles. The molecule has 1 atom stereocenters. The molecule has 3 aromatic rings. The SMILES string of the molecule is Cc1cccc(C)c1NC(=O)CSc1nc(C2CC2)nc2sc3c(c12)CCC(C)C3. The summed E-state index contributed by atoms with van der Waals surface area (Å²) in [4.78, 5) is 25.3. The van der Waals surface area contributed by atoms with E-state index in [1.165, 1.54) is 35.1 Å². The molecule has 0 bridgehead atoms. The second kappa shape index (κ2) is 7.97. The van der Waals surface area contributed by atoms with Crippen LogP contribution in [0.1, 0.15) is 59.5 Å². The van der Waals surface area contributed by atoms with Crippen LogP contribution in [0.5, 0.6) is 0 Å². The highest BCUT2D eigenvalue weighted by atomic mass is 32.2. The van der Waals surface area contributed by atoms with Gasteiger partial charge in [0.2, 0.25) is 5.91 Å². The minimum atomic E-state index is 0.0230. The zero-order chi connectivity index (χ0) is 20.8. The molecule has 0 aliphatic heterocycles. The van der Waals surface area contributed by atoms with Crippen molar-refractivity contribution in [3.8, 4) is 0 Å². The molecule has 1 aromatic carbocycles. The second-order valence-electron chi connectivity index (χ2n) is 8.80. The number of aryl methyl sites for hydroxylation is 3. The van der Waals surface area contributed by atoms with Crippen molar-refractivity contribution in [2.24, 2.45) is 5.92 Å². The molecule has 1 fully saturated rings. The van der Waals surface area contributed by atoms with Crippen LogP contribution < -0.4 is 5.32 Å². The summed E-state index contributed by atoms with van der Waals surface area (Å²) in [7, 11) is 0. The molecule has 0 spiro atoms. The largest absolute Gasteiger partial charge is 0.325 e. The lowest BCUT2D eigenvalue weighted by Crippen LogP contribution is -2.16. The standard InChI is InChI=1S/C24H27N3OS2/c1-13-7-10-17-18(11-13)30-24-20(17)23(26-22(27-24)16-8-9-16)29-12-19(28)25-21-14(2)5-4-6-15(21)3/h4-6,13,16H,7-12H2,1-3H3,(H,25,28). The summed E-state index contributed by atoms with van der Waals surface area (Å²) in [5.41, 5.74) is 4.55. The summed E-state index contributed by atoms with van der Waals surface area (Å²) in [6.07, 6.45) is 5.84. The number of aromatic nitrogens is 2. The van der Waals surface area contributed by atoms with Crippen molar-refractivity contribution in [1.82, 2.24) is 9.97 Å². The summed E-state index contributed by atoms with van der Waals surface area (Å²) >= 11 is 3.42. The monoisotopic (exact) mass is 437 g/mol. The van der Waals surface area contributed by atoms with E-state index in [-0.39, 0.29) is 5.91 Å². The fourth-order valence-electron chi connectivity index (χ4n) is 4.27. The Kier molecular flexibility index (Phi) is 5.31. The van der Waals surface area contributed by atoms with E-state index in [2.05, 4.69) is 12.2 Å². The van der Waals surface area contributed by atoms with Gasteiger partial charge in [-0.05, 0) is 68.6 Å². The number of carbonyl (C=O) groups excluding carboxylic acids is 1. The maximum absolute atomic E-state index is 12.8. The molecule has 2 aliphatic carbocycles. The van der Waals surface area contributed by atoms with Gasteiger partial charge in [-0.15, -0.1) is 11.3 Å². The average molecular weight is 438 g/mol. The van der Waals surface area contributed by atoms with Crippen LogP contribution >= 0.6 is 23.1 Å². The Bertz CT molecular complexity index is 1110. The molecule has 2 aromatic heterocycles. The van der Waals surface area contributed by atoms with Gasteiger partial charge in [0.05, 0.1) is 5.75 Å². The van der Waals surface area contributed by atoms with Crippen LogP contribution in [0, 0.1) is 19.8 Å².